The van der Waals surface area contributed by atoms with Gasteiger partial charge in [-0.25, -0.2) is 9.97 Å². The van der Waals surface area contributed by atoms with E-state index in [0.717, 1.165) is 6.42 Å². The van der Waals surface area contributed by atoms with Crippen molar-refractivity contribution in [1.29, 1.82) is 0 Å². The van der Waals surface area contributed by atoms with Gasteiger partial charge in [0.1, 0.15) is 0 Å². The predicted octanol–water partition coefficient (Wildman–Crippen LogP) is 2.22. The summed E-state index contributed by atoms with van der Waals surface area (Å²) in [6.07, 6.45) is 3.69. The number of nitrogens with zero attached hydrogens (tertiary/aromatic N) is 2. The molecule has 0 bridgehead atoms. The molecule has 13 heavy (non-hydrogen) atoms. The number of aromatic nitrogens is 2. The summed E-state index contributed by atoms with van der Waals surface area (Å²) in [5.41, 5.74) is -0.156. The van der Waals surface area contributed by atoms with Crippen molar-refractivity contribution in [3.05, 3.63) is 18.3 Å². The summed E-state index contributed by atoms with van der Waals surface area (Å²) in [5, 5.41) is 2.99. The molecule has 0 saturated carbocycles. The van der Waals surface area contributed by atoms with E-state index in [2.05, 4.69) is 15.3 Å². The van der Waals surface area contributed by atoms with E-state index in [1.54, 1.807) is 0 Å². The maximum Gasteiger partial charge on any atom is 0.255 e. The van der Waals surface area contributed by atoms with Crippen molar-refractivity contribution in [1.82, 2.24) is 9.97 Å². The molecule has 0 saturated heterocycles. The molecule has 0 aliphatic heterocycles. The van der Waals surface area contributed by atoms with Crippen LogP contribution in [0.15, 0.2) is 12.4 Å². The second-order valence-electron chi connectivity index (χ2n) is 3.56. The lowest BCUT2D eigenvalue weighted by Gasteiger charge is -2.24. The van der Waals surface area contributed by atoms with Crippen LogP contribution in [0.4, 0.5) is 10.2 Å². The fraction of sp³-hybridized carbons (Fsp3) is 0.556. The lowest BCUT2D eigenvalue weighted by molar-refractivity contribution is 0.524. The van der Waals surface area contributed by atoms with Gasteiger partial charge in [-0.1, -0.05) is 6.92 Å². The topological polar surface area (TPSA) is 37.8 Å². The molecular weight excluding hydrogens is 169 g/mol. The maximum absolute atomic E-state index is 13.0. The second-order valence-corrected chi connectivity index (χ2v) is 3.56. The first-order chi connectivity index (χ1) is 6.05. The van der Waals surface area contributed by atoms with Crippen molar-refractivity contribution in [3.63, 3.8) is 0 Å². The van der Waals surface area contributed by atoms with Gasteiger partial charge in [-0.2, -0.15) is 4.39 Å². The van der Waals surface area contributed by atoms with Crippen LogP contribution in [0.2, 0.25) is 0 Å². The van der Waals surface area contributed by atoms with Crippen molar-refractivity contribution in [2.45, 2.75) is 32.7 Å². The highest BCUT2D eigenvalue weighted by Crippen LogP contribution is 2.16. The Labute approximate surface area is 77.4 Å². The molecule has 0 unspecified atom stereocenters. The Bertz CT molecular complexity index is 286. The lowest BCUT2D eigenvalue weighted by Crippen LogP contribution is -2.30. The Morgan fingerprint density at radius 3 is 2.54 bits per heavy atom. The smallest absolute Gasteiger partial charge is 0.255 e. The third-order valence-corrected chi connectivity index (χ3v) is 1.99. The zero-order chi connectivity index (χ0) is 9.90. The van der Waals surface area contributed by atoms with Crippen molar-refractivity contribution in [3.8, 4) is 0 Å². The molecule has 3 nitrogen and oxygen atoms in total. The minimum absolute atomic E-state index is 0.156. The summed E-state index contributed by atoms with van der Waals surface area (Å²) in [4.78, 5) is 7.37. The summed E-state index contributed by atoms with van der Waals surface area (Å²) in [6, 6.07) is 0. The van der Waals surface area contributed by atoms with Gasteiger partial charge in [-0.05, 0) is 20.3 Å². The molecule has 0 aliphatic carbocycles. The Morgan fingerprint density at radius 1 is 1.38 bits per heavy atom. The van der Waals surface area contributed by atoms with Gasteiger partial charge in [-0.3, -0.25) is 0 Å². The van der Waals surface area contributed by atoms with Gasteiger partial charge in [-0.15, -0.1) is 0 Å². The van der Waals surface area contributed by atoms with E-state index in [1.807, 2.05) is 20.8 Å². The number of halogens is 1. The molecule has 0 spiro atoms. The summed E-state index contributed by atoms with van der Waals surface area (Å²) in [6.45, 7) is 6.00. The third-order valence-electron chi connectivity index (χ3n) is 1.99. The fourth-order valence-electron chi connectivity index (χ4n) is 0.814. The van der Waals surface area contributed by atoms with E-state index in [0.29, 0.717) is 0 Å². The molecular formula is C9H14FN3. The van der Waals surface area contributed by atoms with Gasteiger partial charge in [0.05, 0.1) is 0 Å². The maximum atomic E-state index is 13.0. The van der Waals surface area contributed by atoms with Crippen LogP contribution in [0.1, 0.15) is 27.2 Å². The Hall–Kier alpha value is -1.19. The SMILES string of the molecule is CCC(C)(C)Nc1nccnc1F. The molecule has 0 radical (unpaired) electrons. The Morgan fingerprint density at radius 2 is 2.00 bits per heavy atom. The highest BCUT2D eigenvalue weighted by atomic mass is 19.1. The quantitative estimate of drug-likeness (QED) is 0.780. The highest BCUT2D eigenvalue weighted by molar-refractivity contribution is 5.34. The van der Waals surface area contributed by atoms with Gasteiger partial charge >= 0.3 is 0 Å². The fourth-order valence-corrected chi connectivity index (χ4v) is 0.814. The molecule has 0 aliphatic rings. The molecule has 0 fully saturated rings. The molecule has 4 heteroatoms. The van der Waals surface area contributed by atoms with Crippen LogP contribution in [-0.4, -0.2) is 15.5 Å². The molecule has 0 aromatic carbocycles. The van der Waals surface area contributed by atoms with E-state index in [4.69, 9.17) is 0 Å². The monoisotopic (exact) mass is 183 g/mol. The minimum atomic E-state index is -0.552. The zero-order valence-corrected chi connectivity index (χ0v) is 8.13. The molecule has 1 heterocycles. The number of hydrogen-bond acceptors (Lipinski definition) is 3. The number of anilines is 1. The minimum Gasteiger partial charge on any atom is -0.361 e. The van der Waals surface area contributed by atoms with Crippen LogP contribution in [0.5, 0.6) is 0 Å². The Balaban J connectivity index is 2.80. The standard InChI is InChI=1S/C9H14FN3/c1-4-9(2,3)13-8-7(10)11-5-6-12-8/h5-6H,4H2,1-3H3,(H,12,13). The van der Waals surface area contributed by atoms with Gasteiger partial charge in [0, 0.05) is 17.9 Å². The van der Waals surface area contributed by atoms with Gasteiger partial charge in [0.25, 0.3) is 5.95 Å². The van der Waals surface area contributed by atoms with E-state index in [9.17, 15) is 4.39 Å². The molecule has 1 N–H and O–H groups in total. The summed E-state index contributed by atoms with van der Waals surface area (Å²) in [7, 11) is 0. The molecule has 72 valence electrons. The largest absolute Gasteiger partial charge is 0.361 e. The van der Waals surface area contributed by atoms with Crippen molar-refractivity contribution in [2.75, 3.05) is 5.32 Å². The average molecular weight is 183 g/mol. The van der Waals surface area contributed by atoms with E-state index < -0.39 is 5.95 Å². The van der Waals surface area contributed by atoms with E-state index in [-0.39, 0.29) is 11.4 Å². The highest BCUT2D eigenvalue weighted by Gasteiger charge is 2.17. The van der Waals surface area contributed by atoms with Crippen LogP contribution in [0.3, 0.4) is 0 Å². The first-order valence-electron chi connectivity index (χ1n) is 4.30. The summed E-state index contributed by atoms with van der Waals surface area (Å²) >= 11 is 0. The molecule has 1 aromatic rings. The number of nitrogens with one attached hydrogen (secondary N) is 1. The normalized spacial score (nSPS) is 11.4. The summed E-state index contributed by atoms with van der Waals surface area (Å²) in [5.74, 6) is -0.335. The zero-order valence-electron chi connectivity index (χ0n) is 8.13. The van der Waals surface area contributed by atoms with Gasteiger partial charge in [0.2, 0.25) is 0 Å². The summed E-state index contributed by atoms with van der Waals surface area (Å²) < 4.78 is 13.0. The average Bonchev–Trinajstić information content (AvgIpc) is 2.09. The van der Waals surface area contributed by atoms with Crippen LogP contribution < -0.4 is 5.32 Å². The molecule has 0 amide bonds. The van der Waals surface area contributed by atoms with E-state index >= 15 is 0 Å². The predicted molar refractivity (Wildman–Crippen MR) is 50.0 cm³/mol. The van der Waals surface area contributed by atoms with Crippen LogP contribution in [0, 0.1) is 5.95 Å². The van der Waals surface area contributed by atoms with Gasteiger partial charge in [0.15, 0.2) is 5.82 Å². The van der Waals surface area contributed by atoms with Crippen LogP contribution >= 0.6 is 0 Å². The van der Waals surface area contributed by atoms with Crippen molar-refractivity contribution in [2.24, 2.45) is 0 Å². The van der Waals surface area contributed by atoms with E-state index in [1.165, 1.54) is 12.4 Å². The Kier molecular flexibility index (Phi) is 2.80. The lowest BCUT2D eigenvalue weighted by atomic mass is 10.0. The second kappa shape index (κ2) is 3.68. The molecule has 1 rings (SSSR count). The number of rotatable bonds is 3. The van der Waals surface area contributed by atoms with Crippen molar-refractivity contribution < 1.29 is 4.39 Å². The first kappa shape index (κ1) is 9.89. The van der Waals surface area contributed by atoms with Gasteiger partial charge < -0.3 is 5.32 Å². The molecule has 0 atom stereocenters. The first-order valence-corrected chi connectivity index (χ1v) is 4.30. The van der Waals surface area contributed by atoms with Crippen LogP contribution in [-0.2, 0) is 0 Å². The third kappa shape index (κ3) is 2.65. The number of hydrogen-bond donors (Lipinski definition) is 1. The molecule has 1 aromatic heterocycles. The van der Waals surface area contributed by atoms with Crippen LogP contribution in [0.25, 0.3) is 0 Å². The van der Waals surface area contributed by atoms with Crippen molar-refractivity contribution >= 4 is 5.82 Å².